The molecule has 0 heterocycles. The maximum absolute atomic E-state index is 11.4. The highest BCUT2D eigenvalue weighted by Gasteiger charge is 2.34. The molecule has 0 spiro atoms. The SMILES string of the molecule is C[Si](C)(C)C(CCOC(=O)C=CC(=O)O)C1CCCCC1. The van der Waals surface area contributed by atoms with Crippen molar-refractivity contribution in [1.82, 2.24) is 0 Å². The highest BCUT2D eigenvalue weighted by molar-refractivity contribution is 6.77. The van der Waals surface area contributed by atoms with E-state index in [4.69, 9.17) is 9.84 Å². The molecule has 120 valence electrons. The molecule has 0 aromatic rings. The van der Waals surface area contributed by atoms with Crippen molar-refractivity contribution in [2.24, 2.45) is 5.92 Å². The quantitative estimate of drug-likeness (QED) is 0.440. The number of carboxylic acid groups (broad SMARTS) is 1. The molecule has 0 saturated heterocycles. The number of rotatable bonds is 7. The van der Waals surface area contributed by atoms with Gasteiger partial charge in [-0.2, -0.15) is 0 Å². The van der Waals surface area contributed by atoms with Gasteiger partial charge in [-0.25, -0.2) is 9.59 Å². The summed E-state index contributed by atoms with van der Waals surface area (Å²) in [6.07, 6.45) is 9.33. The van der Waals surface area contributed by atoms with Crippen LogP contribution < -0.4 is 0 Å². The van der Waals surface area contributed by atoms with E-state index in [1.165, 1.54) is 32.1 Å². The topological polar surface area (TPSA) is 63.6 Å². The van der Waals surface area contributed by atoms with E-state index in [-0.39, 0.29) is 0 Å². The van der Waals surface area contributed by atoms with Gasteiger partial charge in [0.1, 0.15) is 0 Å². The summed E-state index contributed by atoms with van der Waals surface area (Å²) < 4.78 is 5.14. The fraction of sp³-hybridized carbons (Fsp3) is 0.750. The van der Waals surface area contributed by atoms with Crippen molar-refractivity contribution in [1.29, 1.82) is 0 Å². The van der Waals surface area contributed by atoms with Crippen LogP contribution in [0.4, 0.5) is 0 Å². The van der Waals surface area contributed by atoms with Crippen molar-refractivity contribution < 1.29 is 19.4 Å². The Morgan fingerprint density at radius 1 is 1.19 bits per heavy atom. The van der Waals surface area contributed by atoms with E-state index in [2.05, 4.69) is 19.6 Å². The summed E-state index contributed by atoms with van der Waals surface area (Å²) in [6.45, 7) is 7.56. The zero-order valence-corrected chi connectivity index (χ0v) is 14.4. The van der Waals surface area contributed by atoms with E-state index in [1.54, 1.807) is 0 Å². The van der Waals surface area contributed by atoms with E-state index in [0.29, 0.717) is 12.1 Å². The molecule has 5 heteroatoms. The molecule has 0 bridgehead atoms. The highest BCUT2D eigenvalue weighted by atomic mass is 28.3. The first kappa shape index (κ1) is 17.9. The molecule has 4 nitrogen and oxygen atoms in total. The number of hydrogen-bond donors (Lipinski definition) is 1. The first-order chi connectivity index (χ1) is 9.80. The molecule has 0 radical (unpaired) electrons. The summed E-state index contributed by atoms with van der Waals surface area (Å²) in [4.78, 5) is 21.7. The van der Waals surface area contributed by atoms with E-state index < -0.39 is 20.0 Å². The zero-order chi connectivity index (χ0) is 15.9. The second-order valence-corrected chi connectivity index (χ2v) is 12.5. The lowest BCUT2D eigenvalue weighted by molar-refractivity contribution is -0.138. The van der Waals surface area contributed by atoms with Gasteiger partial charge in [0.15, 0.2) is 0 Å². The van der Waals surface area contributed by atoms with Crippen LogP contribution in [0.5, 0.6) is 0 Å². The second kappa shape index (κ2) is 8.37. The Labute approximate surface area is 128 Å². The lowest BCUT2D eigenvalue weighted by Crippen LogP contribution is -2.35. The molecule has 1 fully saturated rings. The highest BCUT2D eigenvalue weighted by Crippen LogP contribution is 2.41. The normalized spacial score (nSPS) is 18.6. The zero-order valence-electron chi connectivity index (χ0n) is 13.4. The van der Waals surface area contributed by atoms with Gasteiger partial charge in [0.2, 0.25) is 0 Å². The Balaban J connectivity index is 2.47. The van der Waals surface area contributed by atoms with E-state index in [9.17, 15) is 9.59 Å². The number of carboxylic acids is 1. The van der Waals surface area contributed by atoms with Crippen molar-refractivity contribution >= 4 is 20.0 Å². The number of hydrogen-bond acceptors (Lipinski definition) is 3. The minimum atomic E-state index is -1.29. The smallest absolute Gasteiger partial charge is 0.331 e. The second-order valence-electron chi connectivity index (χ2n) is 7.00. The molecule has 0 aliphatic heterocycles. The fourth-order valence-corrected chi connectivity index (χ4v) is 6.12. The first-order valence-electron chi connectivity index (χ1n) is 7.88. The van der Waals surface area contributed by atoms with Crippen LogP contribution in [0.25, 0.3) is 0 Å². The third kappa shape index (κ3) is 6.93. The Bertz CT molecular complexity index is 378. The van der Waals surface area contributed by atoms with Crippen LogP contribution in [0.1, 0.15) is 38.5 Å². The number of aliphatic carboxylic acids is 1. The van der Waals surface area contributed by atoms with Crippen molar-refractivity contribution in [2.45, 2.75) is 63.7 Å². The van der Waals surface area contributed by atoms with E-state index >= 15 is 0 Å². The van der Waals surface area contributed by atoms with Crippen LogP contribution in [0.15, 0.2) is 12.2 Å². The monoisotopic (exact) mass is 312 g/mol. The molecule has 1 aliphatic rings. The van der Waals surface area contributed by atoms with Crippen LogP contribution >= 0.6 is 0 Å². The summed E-state index contributed by atoms with van der Waals surface area (Å²) in [5, 5.41) is 8.46. The summed E-state index contributed by atoms with van der Waals surface area (Å²) in [5.74, 6) is -0.914. The molecular weight excluding hydrogens is 284 g/mol. The average Bonchev–Trinajstić information content (AvgIpc) is 2.41. The molecule has 21 heavy (non-hydrogen) atoms. The predicted molar refractivity (Wildman–Crippen MR) is 86.0 cm³/mol. The molecule has 1 saturated carbocycles. The minimum absolute atomic E-state index is 0.397. The Morgan fingerprint density at radius 3 is 2.33 bits per heavy atom. The maximum atomic E-state index is 11.4. The van der Waals surface area contributed by atoms with Gasteiger partial charge < -0.3 is 9.84 Å². The van der Waals surface area contributed by atoms with E-state index in [1.807, 2.05) is 0 Å². The van der Waals surface area contributed by atoms with Crippen LogP contribution in [-0.2, 0) is 14.3 Å². The molecule has 1 unspecified atom stereocenters. The van der Waals surface area contributed by atoms with Crippen molar-refractivity contribution in [2.75, 3.05) is 6.61 Å². The predicted octanol–water partition coefficient (Wildman–Crippen LogP) is 3.85. The minimum Gasteiger partial charge on any atom is -0.478 e. The number of carbonyl (C=O) groups excluding carboxylic acids is 1. The van der Waals surface area contributed by atoms with Gasteiger partial charge in [-0.15, -0.1) is 0 Å². The van der Waals surface area contributed by atoms with Crippen LogP contribution in [0.2, 0.25) is 25.2 Å². The molecule has 1 atom stereocenters. The molecule has 0 aromatic carbocycles. The van der Waals surface area contributed by atoms with Gasteiger partial charge in [-0.05, 0) is 17.9 Å². The standard InChI is InChI=1S/C16H28O4Si/c1-21(2,3)14(13-7-5-4-6-8-13)11-12-20-16(19)10-9-15(17)18/h9-10,13-14H,4-8,11-12H2,1-3H3,(H,17,18). The Morgan fingerprint density at radius 2 is 1.81 bits per heavy atom. The van der Waals surface area contributed by atoms with Crippen molar-refractivity contribution in [3.63, 3.8) is 0 Å². The summed E-state index contributed by atoms with van der Waals surface area (Å²) in [7, 11) is -1.29. The van der Waals surface area contributed by atoms with Gasteiger partial charge in [-0.1, -0.05) is 51.7 Å². The van der Waals surface area contributed by atoms with Gasteiger partial charge in [0.25, 0.3) is 0 Å². The van der Waals surface area contributed by atoms with Gasteiger partial charge in [0, 0.05) is 20.2 Å². The number of ether oxygens (including phenoxy) is 1. The Hall–Kier alpha value is -1.10. The van der Waals surface area contributed by atoms with Crippen LogP contribution in [0, 0.1) is 5.92 Å². The number of carbonyl (C=O) groups is 2. The van der Waals surface area contributed by atoms with Gasteiger partial charge >= 0.3 is 11.9 Å². The maximum Gasteiger partial charge on any atom is 0.331 e. The van der Waals surface area contributed by atoms with Crippen molar-refractivity contribution in [3.05, 3.63) is 12.2 Å². The molecule has 1 rings (SSSR count). The summed E-state index contributed by atoms with van der Waals surface area (Å²) >= 11 is 0. The van der Waals surface area contributed by atoms with Gasteiger partial charge in [-0.3, -0.25) is 0 Å². The lowest BCUT2D eigenvalue weighted by Gasteiger charge is -2.38. The third-order valence-electron chi connectivity index (χ3n) is 4.37. The Kier molecular flexibility index (Phi) is 7.15. The first-order valence-corrected chi connectivity index (χ1v) is 11.5. The van der Waals surface area contributed by atoms with E-state index in [0.717, 1.165) is 24.5 Å². The summed E-state index contributed by atoms with van der Waals surface area (Å²) in [6, 6.07) is 0. The lowest BCUT2D eigenvalue weighted by atomic mass is 9.85. The fourth-order valence-electron chi connectivity index (χ4n) is 3.39. The van der Waals surface area contributed by atoms with Crippen molar-refractivity contribution in [3.8, 4) is 0 Å². The molecular formula is C16H28O4Si. The molecule has 1 N–H and O–H groups in total. The molecule has 0 aromatic heterocycles. The largest absolute Gasteiger partial charge is 0.478 e. The average molecular weight is 312 g/mol. The van der Waals surface area contributed by atoms with Crippen LogP contribution in [0.3, 0.4) is 0 Å². The number of esters is 1. The molecule has 0 amide bonds. The van der Waals surface area contributed by atoms with Gasteiger partial charge in [0.05, 0.1) is 6.61 Å². The molecule has 1 aliphatic carbocycles. The third-order valence-corrected chi connectivity index (χ3v) is 7.35. The summed E-state index contributed by atoms with van der Waals surface area (Å²) in [5.41, 5.74) is 0.675. The van der Waals surface area contributed by atoms with Crippen LogP contribution in [-0.4, -0.2) is 31.7 Å².